The van der Waals surface area contributed by atoms with Gasteiger partial charge in [-0.2, -0.15) is 0 Å². The van der Waals surface area contributed by atoms with E-state index in [9.17, 15) is 33.9 Å². The molecule has 1 heterocycles. The molecule has 0 radical (unpaired) electrons. The van der Waals surface area contributed by atoms with Gasteiger partial charge in [0.05, 0.1) is 25.5 Å². The highest BCUT2D eigenvalue weighted by atomic mass is 16.4. The number of carbonyl (C=O) groups excluding carboxylic acids is 5. The van der Waals surface area contributed by atoms with E-state index in [-0.39, 0.29) is 13.0 Å². The molecule has 10 N–H and O–H groups in total. The number of nitrogens with one attached hydrogen (secondary N) is 2. The Bertz CT molecular complexity index is 714. The van der Waals surface area contributed by atoms with Crippen LogP contribution in [0.2, 0.25) is 0 Å². The Balaban J connectivity index is 2.80. The van der Waals surface area contributed by atoms with E-state index >= 15 is 0 Å². The lowest BCUT2D eigenvalue weighted by molar-refractivity contribution is -0.144. The average molecular weight is 430 g/mol. The maximum atomic E-state index is 12.6. The van der Waals surface area contributed by atoms with Crippen molar-refractivity contribution in [3.05, 3.63) is 0 Å². The molecule has 5 amide bonds. The van der Waals surface area contributed by atoms with Crippen LogP contribution in [0.25, 0.3) is 0 Å². The third-order valence-corrected chi connectivity index (χ3v) is 4.41. The van der Waals surface area contributed by atoms with Gasteiger partial charge in [-0.05, 0) is 12.8 Å². The molecule has 1 fully saturated rings. The first-order valence-corrected chi connectivity index (χ1v) is 9.05. The van der Waals surface area contributed by atoms with E-state index in [1.807, 2.05) is 5.32 Å². The van der Waals surface area contributed by atoms with Crippen molar-refractivity contribution in [2.45, 2.75) is 49.9 Å². The largest absolute Gasteiger partial charge is 0.480 e. The summed E-state index contributed by atoms with van der Waals surface area (Å²) in [5, 5.41) is 22.7. The van der Waals surface area contributed by atoms with Crippen LogP contribution in [0.3, 0.4) is 0 Å². The molecular weight excluding hydrogens is 404 g/mol. The fourth-order valence-corrected chi connectivity index (χ4v) is 2.96. The molecule has 168 valence electrons. The van der Waals surface area contributed by atoms with Crippen molar-refractivity contribution < 1.29 is 39.0 Å². The van der Waals surface area contributed by atoms with Gasteiger partial charge in [-0.15, -0.1) is 0 Å². The minimum atomic E-state index is -1.64. The highest BCUT2D eigenvalue weighted by Gasteiger charge is 2.38. The van der Waals surface area contributed by atoms with Gasteiger partial charge >= 0.3 is 5.97 Å². The molecule has 14 heteroatoms. The summed E-state index contributed by atoms with van der Waals surface area (Å²) in [5.74, 6) is -5.77. The number of rotatable bonds is 11. The number of likely N-dealkylation sites (tertiary alicyclic amines) is 1. The van der Waals surface area contributed by atoms with Gasteiger partial charge in [-0.3, -0.25) is 24.0 Å². The van der Waals surface area contributed by atoms with Gasteiger partial charge < -0.3 is 42.9 Å². The van der Waals surface area contributed by atoms with Gasteiger partial charge in [0.25, 0.3) is 0 Å². The fourth-order valence-electron chi connectivity index (χ4n) is 2.96. The van der Waals surface area contributed by atoms with Gasteiger partial charge in [-0.25, -0.2) is 4.79 Å². The van der Waals surface area contributed by atoms with Crippen molar-refractivity contribution in [1.82, 2.24) is 15.5 Å². The summed E-state index contributed by atoms with van der Waals surface area (Å²) >= 11 is 0. The van der Waals surface area contributed by atoms with E-state index in [4.69, 9.17) is 22.3 Å². The van der Waals surface area contributed by atoms with Crippen LogP contribution in [0.1, 0.15) is 25.7 Å². The van der Waals surface area contributed by atoms with Crippen LogP contribution in [0, 0.1) is 0 Å². The number of hydrogen-bond donors (Lipinski definition) is 7. The van der Waals surface area contributed by atoms with Crippen LogP contribution in [-0.2, 0) is 28.8 Å². The number of nitrogens with zero attached hydrogens (tertiary/aromatic N) is 1. The Morgan fingerprint density at radius 2 is 1.60 bits per heavy atom. The molecule has 30 heavy (non-hydrogen) atoms. The second-order valence-corrected chi connectivity index (χ2v) is 6.78. The quantitative estimate of drug-likeness (QED) is 0.166. The lowest BCUT2D eigenvalue weighted by Crippen LogP contribution is -2.58. The lowest BCUT2D eigenvalue weighted by Gasteiger charge is -2.28. The average Bonchev–Trinajstić information content (AvgIpc) is 3.13. The first-order chi connectivity index (χ1) is 14.0. The summed E-state index contributed by atoms with van der Waals surface area (Å²) < 4.78 is 0. The highest BCUT2D eigenvalue weighted by molar-refractivity contribution is 5.95. The Kier molecular flexibility index (Phi) is 9.14. The molecule has 0 aromatic heterocycles. The second kappa shape index (κ2) is 11.1. The molecular formula is C16H26N6O8. The highest BCUT2D eigenvalue weighted by Crippen LogP contribution is 2.19. The zero-order chi connectivity index (χ0) is 23.0. The molecule has 1 saturated heterocycles. The molecule has 1 rings (SSSR count). The van der Waals surface area contributed by atoms with Crippen molar-refractivity contribution in [2.24, 2.45) is 17.2 Å². The van der Waals surface area contributed by atoms with Crippen molar-refractivity contribution in [1.29, 1.82) is 0 Å². The molecule has 0 unspecified atom stereocenters. The number of carbonyl (C=O) groups is 6. The minimum Gasteiger partial charge on any atom is -0.480 e. The predicted molar refractivity (Wildman–Crippen MR) is 98.9 cm³/mol. The van der Waals surface area contributed by atoms with Crippen molar-refractivity contribution in [3.8, 4) is 0 Å². The van der Waals surface area contributed by atoms with E-state index in [0.717, 1.165) is 4.90 Å². The summed E-state index contributed by atoms with van der Waals surface area (Å²) in [6.45, 7) is -0.679. The summed E-state index contributed by atoms with van der Waals surface area (Å²) in [5.41, 5.74) is 15.6. The topological polar surface area (TPSA) is 248 Å². The van der Waals surface area contributed by atoms with Gasteiger partial charge in [0, 0.05) is 6.54 Å². The Hall–Kier alpha value is -3.26. The Morgan fingerprint density at radius 3 is 2.10 bits per heavy atom. The molecule has 1 aliphatic rings. The zero-order valence-corrected chi connectivity index (χ0v) is 16.1. The number of aliphatic hydroxyl groups excluding tert-OH is 1. The van der Waals surface area contributed by atoms with E-state index in [0.29, 0.717) is 6.42 Å². The fraction of sp³-hybridized carbons (Fsp3) is 0.625. The first-order valence-electron chi connectivity index (χ1n) is 9.05. The normalized spacial score (nSPS) is 18.7. The number of carboxylic acids is 1. The smallest absolute Gasteiger partial charge is 0.326 e. The van der Waals surface area contributed by atoms with Crippen molar-refractivity contribution in [3.63, 3.8) is 0 Å². The van der Waals surface area contributed by atoms with Crippen LogP contribution in [0.15, 0.2) is 0 Å². The van der Waals surface area contributed by atoms with Crippen molar-refractivity contribution >= 4 is 35.5 Å². The molecule has 0 spiro atoms. The number of nitrogens with two attached hydrogens (primary N) is 3. The Labute approximate surface area is 171 Å². The van der Waals surface area contributed by atoms with Crippen molar-refractivity contribution in [2.75, 3.05) is 13.2 Å². The molecule has 0 saturated carbocycles. The number of hydrogen-bond acceptors (Lipinski definition) is 8. The molecule has 0 aromatic rings. The van der Waals surface area contributed by atoms with E-state index in [2.05, 4.69) is 5.32 Å². The van der Waals surface area contributed by atoms with Gasteiger partial charge in [0.1, 0.15) is 18.1 Å². The molecule has 0 bridgehead atoms. The number of aliphatic carboxylic acids is 1. The molecule has 0 aliphatic carbocycles. The van der Waals surface area contributed by atoms with Crippen LogP contribution < -0.4 is 27.8 Å². The summed E-state index contributed by atoms with van der Waals surface area (Å²) in [4.78, 5) is 71.3. The summed E-state index contributed by atoms with van der Waals surface area (Å²) in [6.07, 6.45) is -0.375. The monoisotopic (exact) mass is 430 g/mol. The van der Waals surface area contributed by atoms with E-state index < -0.39 is 79.1 Å². The molecule has 1 aliphatic heterocycles. The van der Waals surface area contributed by atoms with Crippen LogP contribution >= 0.6 is 0 Å². The molecule has 14 nitrogen and oxygen atoms in total. The maximum absolute atomic E-state index is 12.6. The summed E-state index contributed by atoms with van der Waals surface area (Å²) in [7, 11) is 0. The molecule has 0 aromatic carbocycles. The van der Waals surface area contributed by atoms with Gasteiger partial charge in [0.15, 0.2) is 0 Å². The number of aliphatic hydroxyl groups is 1. The number of amides is 5. The summed E-state index contributed by atoms with van der Waals surface area (Å²) in [6, 6.07) is -5.40. The van der Waals surface area contributed by atoms with Crippen LogP contribution in [-0.4, -0.2) is 87.9 Å². The van der Waals surface area contributed by atoms with E-state index in [1.165, 1.54) is 0 Å². The second-order valence-electron chi connectivity index (χ2n) is 6.78. The van der Waals surface area contributed by atoms with Crippen LogP contribution in [0.4, 0.5) is 0 Å². The first kappa shape index (κ1) is 24.8. The SMILES string of the molecule is NC(=O)C[C@H](NC(=O)[C@H](CO)NC(=O)[C@@H]1CCCN1C(=O)[C@@H](N)CC(N)=O)C(=O)O. The predicted octanol–water partition coefficient (Wildman–Crippen LogP) is -4.90. The third kappa shape index (κ3) is 6.97. The molecule has 4 atom stereocenters. The number of primary amides is 2. The van der Waals surface area contributed by atoms with Crippen LogP contribution in [0.5, 0.6) is 0 Å². The van der Waals surface area contributed by atoms with Gasteiger partial charge in [0.2, 0.25) is 29.5 Å². The standard InChI is InChI=1S/C16H26N6O8/c17-7(4-11(18)24)15(28)22-3-1-2-10(22)14(27)21-9(6-23)13(26)20-8(16(29)30)5-12(19)25/h7-10,23H,1-6,17H2,(H2,18,24)(H2,19,25)(H,20,26)(H,21,27)(H,29,30)/t7-,8-,9-,10-/m0/s1. The third-order valence-electron chi connectivity index (χ3n) is 4.41. The van der Waals surface area contributed by atoms with E-state index in [1.54, 1.807) is 0 Å². The van der Waals surface area contributed by atoms with Gasteiger partial charge in [-0.1, -0.05) is 0 Å². The zero-order valence-electron chi connectivity index (χ0n) is 16.1. The Morgan fingerprint density at radius 1 is 1.00 bits per heavy atom. The maximum Gasteiger partial charge on any atom is 0.326 e. The lowest BCUT2D eigenvalue weighted by atomic mass is 10.1. The number of carboxylic acid groups (broad SMARTS) is 1. The minimum absolute atomic E-state index is 0.194.